The van der Waals surface area contributed by atoms with E-state index in [9.17, 15) is 4.79 Å². The Morgan fingerprint density at radius 3 is 2.79 bits per heavy atom. The van der Waals surface area contributed by atoms with Gasteiger partial charge in [-0.3, -0.25) is 0 Å². The van der Waals surface area contributed by atoms with E-state index in [0.717, 1.165) is 21.2 Å². The molecule has 94 valence electrons. The maximum atomic E-state index is 11.7. The number of esters is 1. The highest BCUT2D eigenvalue weighted by Crippen LogP contribution is 2.33. The van der Waals surface area contributed by atoms with Crippen molar-refractivity contribution in [2.45, 2.75) is 0 Å². The van der Waals surface area contributed by atoms with Crippen LogP contribution in [-0.4, -0.2) is 18.1 Å². The molecule has 0 atom stereocenters. The summed E-state index contributed by atoms with van der Waals surface area (Å²) < 4.78 is 4.77. The van der Waals surface area contributed by atoms with E-state index in [4.69, 9.17) is 4.74 Å². The average molecular weight is 269 g/mol. The van der Waals surface area contributed by atoms with Gasteiger partial charge in [-0.1, -0.05) is 42.5 Å². The molecule has 1 heterocycles. The van der Waals surface area contributed by atoms with Crippen LogP contribution in [0.1, 0.15) is 10.5 Å². The molecule has 3 aromatic rings. The highest BCUT2D eigenvalue weighted by molar-refractivity contribution is 7.13. The molecule has 4 heteroatoms. The number of thiazole rings is 1. The van der Waals surface area contributed by atoms with E-state index in [0.29, 0.717) is 5.69 Å². The van der Waals surface area contributed by atoms with Crippen molar-refractivity contribution >= 4 is 28.1 Å². The Balaban J connectivity index is 2.26. The molecule has 19 heavy (non-hydrogen) atoms. The van der Waals surface area contributed by atoms with Gasteiger partial charge >= 0.3 is 5.97 Å². The van der Waals surface area contributed by atoms with E-state index < -0.39 is 5.97 Å². The minimum absolute atomic E-state index is 0.379. The van der Waals surface area contributed by atoms with Crippen molar-refractivity contribution in [2.24, 2.45) is 0 Å². The summed E-state index contributed by atoms with van der Waals surface area (Å²) >= 11 is 1.45. The van der Waals surface area contributed by atoms with E-state index in [1.165, 1.54) is 18.4 Å². The summed E-state index contributed by atoms with van der Waals surface area (Å²) in [5.41, 5.74) is 3.06. The summed E-state index contributed by atoms with van der Waals surface area (Å²) in [6.07, 6.45) is 0. The first-order valence-electron chi connectivity index (χ1n) is 5.81. The molecule has 0 aliphatic carbocycles. The number of hydrogen-bond acceptors (Lipinski definition) is 4. The van der Waals surface area contributed by atoms with Gasteiger partial charge in [-0.15, -0.1) is 11.3 Å². The molecule has 0 saturated heterocycles. The summed E-state index contributed by atoms with van der Waals surface area (Å²) in [5.74, 6) is -0.399. The molecule has 0 bridgehead atoms. The third kappa shape index (κ3) is 2.00. The third-order valence-corrected chi connectivity index (χ3v) is 3.84. The molecule has 0 radical (unpaired) electrons. The van der Waals surface area contributed by atoms with Crippen LogP contribution in [0.15, 0.2) is 48.0 Å². The lowest BCUT2D eigenvalue weighted by molar-refractivity contribution is 0.0596. The highest BCUT2D eigenvalue weighted by Gasteiger charge is 2.18. The lowest BCUT2D eigenvalue weighted by Gasteiger charge is -2.05. The number of rotatable bonds is 2. The van der Waals surface area contributed by atoms with Gasteiger partial charge in [0.05, 0.1) is 17.5 Å². The normalized spacial score (nSPS) is 10.6. The van der Waals surface area contributed by atoms with Crippen LogP contribution in [0, 0.1) is 0 Å². The Labute approximate surface area is 114 Å². The molecule has 0 fully saturated rings. The Kier molecular flexibility index (Phi) is 3.01. The molecule has 2 aromatic carbocycles. The Hall–Kier alpha value is -2.20. The monoisotopic (exact) mass is 269 g/mol. The van der Waals surface area contributed by atoms with Crippen LogP contribution < -0.4 is 0 Å². The van der Waals surface area contributed by atoms with E-state index in [1.807, 2.05) is 30.3 Å². The van der Waals surface area contributed by atoms with Crippen molar-refractivity contribution in [1.29, 1.82) is 0 Å². The lowest BCUT2D eigenvalue weighted by Crippen LogP contribution is -2.03. The van der Waals surface area contributed by atoms with Crippen LogP contribution >= 0.6 is 11.3 Å². The number of nitrogens with zero attached hydrogens (tertiary/aromatic N) is 1. The van der Waals surface area contributed by atoms with Crippen LogP contribution in [-0.2, 0) is 4.74 Å². The van der Waals surface area contributed by atoms with Gasteiger partial charge in [0.1, 0.15) is 0 Å². The minimum Gasteiger partial charge on any atom is -0.464 e. The van der Waals surface area contributed by atoms with Crippen LogP contribution in [0.3, 0.4) is 0 Å². The quantitative estimate of drug-likeness (QED) is 0.665. The Morgan fingerprint density at radius 2 is 1.95 bits per heavy atom. The molecule has 0 amide bonds. The van der Waals surface area contributed by atoms with Gasteiger partial charge < -0.3 is 4.74 Å². The molecular weight excluding hydrogens is 258 g/mol. The van der Waals surface area contributed by atoms with E-state index in [1.54, 1.807) is 5.51 Å². The van der Waals surface area contributed by atoms with Crippen molar-refractivity contribution in [3.05, 3.63) is 53.7 Å². The zero-order valence-electron chi connectivity index (χ0n) is 10.3. The molecule has 1 aromatic heterocycles. The molecule has 3 nitrogen and oxygen atoms in total. The second-order valence-corrected chi connectivity index (χ2v) is 4.90. The van der Waals surface area contributed by atoms with Crippen molar-refractivity contribution in [1.82, 2.24) is 4.98 Å². The number of benzene rings is 2. The van der Waals surface area contributed by atoms with Crippen molar-refractivity contribution < 1.29 is 9.53 Å². The van der Waals surface area contributed by atoms with Gasteiger partial charge in [0.15, 0.2) is 5.69 Å². The zero-order chi connectivity index (χ0) is 13.2. The molecule has 0 aliphatic rings. The van der Waals surface area contributed by atoms with Gasteiger partial charge in [0, 0.05) is 5.56 Å². The van der Waals surface area contributed by atoms with Crippen LogP contribution in [0.5, 0.6) is 0 Å². The van der Waals surface area contributed by atoms with Gasteiger partial charge in [0.2, 0.25) is 0 Å². The summed E-state index contributed by atoms with van der Waals surface area (Å²) in [6.45, 7) is 0. The smallest absolute Gasteiger partial charge is 0.358 e. The number of carbonyl (C=O) groups excluding carboxylic acids is 1. The first-order valence-corrected chi connectivity index (χ1v) is 6.69. The summed E-state index contributed by atoms with van der Waals surface area (Å²) in [5, 5.41) is 2.25. The zero-order valence-corrected chi connectivity index (χ0v) is 11.1. The van der Waals surface area contributed by atoms with E-state index in [2.05, 4.69) is 17.1 Å². The van der Waals surface area contributed by atoms with Gasteiger partial charge in [-0.05, 0) is 10.8 Å². The molecule has 0 aliphatic heterocycles. The number of ether oxygens (including phenoxy) is 1. The van der Waals surface area contributed by atoms with Crippen molar-refractivity contribution in [3.8, 4) is 10.4 Å². The Bertz CT molecular complexity index is 743. The maximum Gasteiger partial charge on any atom is 0.358 e. The average Bonchev–Trinajstić information content (AvgIpc) is 2.95. The predicted molar refractivity (Wildman–Crippen MR) is 76.4 cm³/mol. The second kappa shape index (κ2) is 4.82. The first kappa shape index (κ1) is 11.9. The summed E-state index contributed by atoms with van der Waals surface area (Å²) in [4.78, 5) is 16.7. The SMILES string of the molecule is COC(=O)c1ncsc1-c1cccc2ccccc12. The molecule has 3 rings (SSSR count). The van der Waals surface area contributed by atoms with Crippen molar-refractivity contribution in [2.75, 3.05) is 7.11 Å². The Morgan fingerprint density at radius 1 is 1.16 bits per heavy atom. The largest absolute Gasteiger partial charge is 0.464 e. The van der Waals surface area contributed by atoms with Gasteiger partial charge in [0.25, 0.3) is 0 Å². The molecule has 0 spiro atoms. The standard InChI is InChI=1S/C15H11NO2S/c1-18-15(17)13-14(19-9-16-13)12-8-4-6-10-5-2-3-7-11(10)12/h2-9H,1H3. The van der Waals surface area contributed by atoms with Crippen molar-refractivity contribution in [3.63, 3.8) is 0 Å². The lowest BCUT2D eigenvalue weighted by atomic mass is 10.0. The number of fused-ring (bicyclic) bond motifs is 1. The summed E-state index contributed by atoms with van der Waals surface area (Å²) in [7, 11) is 1.37. The van der Waals surface area contributed by atoms with Gasteiger partial charge in [-0.2, -0.15) is 0 Å². The minimum atomic E-state index is -0.399. The third-order valence-electron chi connectivity index (χ3n) is 2.98. The fraction of sp³-hybridized carbons (Fsp3) is 0.0667. The van der Waals surface area contributed by atoms with Crippen LogP contribution in [0.4, 0.5) is 0 Å². The molecule has 0 unspecified atom stereocenters. The number of carbonyl (C=O) groups is 1. The maximum absolute atomic E-state index is 11.7. The second-order valence-electron chi connectivity index (χ2n) is 4.05. The topological polar surface area (TPSA) is 39.2 Å². The van der Waals surface area contributed by atoms with E-state index >= 15 is 0 Å². The number of aromatic nitrogens is 1. The highest BCUT2D eigenvalue weighted by atomic mass is 32.1. The first-order chi connectivity index (χ1) is 9.31. The number of hydrogen-bond donors (Lipinski definition) is 0. The predicted octanol–water partition coefficient (Wildman–Crippen LogP) is 3.75. The van der Waals surface area contributed by atoms with E-state index in [-0.39, 0.29) is 0 Å². The van der Waals surface area contributed by atoms with Crippen LogP contribution in [0.25, 0.3) is 21.2 Å². The fourth-order valence-corrected chi connectivity index (χ4v) is 2.92. The number of methoxy groups -OCH3 is 1. The summed E-state index contributed by atoms with van der Waals surface area (Å²) in [6, 6.07) is 14.1. The molecule has 0 N–H and O–H groups in total. The fourth-order valence-electron chi connectivity index (χ4n) is 2.10. The van der Waals surface area contributed by atoms with Gasteiger partial charge in [-0.25, -0.2) is 9.78 Å². The van der Waals surface area contributed by atoms with Crippen LogP contribution in [0.2, 0.25) is 0 Å². The molecule has 0 saturated carbocycles. The molecular formula is C15H11NO2S.